The van der Waals surface area contributed by atoms with Crippen molar-refractivity contribution in [1.82, 2.24) is 0 Å². The van der Waals surface area contributed by atoms with Crippen LogP contribution in [-0.4, -0.2) is 30.5 Å². The Bertz CT molecular complexity index is 861. The van der Waals surface area contributed by atoms with Crippen molar-refractivity contribution in [3.05, 3.63) is 76.4 Å². The van der Waals surface area contributed by atoms with Crippen molar-refractivity contribution in [1.29, 1.82) is 0 Å². The Labute approximate surface area is 155 Å². The van der Waals surface area contributed by atoms with Crippen LogP contribution >= 0.6 is 0 Å². The molecule has 27 heavy (non-hydrogen) atoms. The van der Waals surface area contributed by atoms with E-state index >= 15 is 0 Å². The second-order valence-electron chi connectivity index (χ2n) is 5.45. The van der Waals surface area contributed by atoms with Gasteiger partial charge in [-0.05, 0) is 36.8 Å². The van der Waals surface area contributed by atoms with E-state index < -0.39 is 16.8 Å². The van der Waals surface area contributed by atoms with Crippen molar-refractivity contribution in [2.75, 3.05) is 19.0 Å². The fourth-order valence-electron chi connectivity index (χ4n) is 2.28. The number of hydrogen-bond donors (Lipinski definition) is 1. The SMILES string of the molecule is C=CCc1cc([N+](=O)[O-])ccc1OCC(=O)Nc1ccc(C(=O)OC)cc1. The lowest BCUT2D eigenvalue weighted by atomic mass is 10.1. The predicted octanol–water partition coefficient (Wildman–Crippen LogP) is 3.13. The minimum Gasteiger partial charge on any atom is -0.483 e. The maximum absolute atomic E-state index is 12.0. The molecule has 0 spiro atoms. The van der Waals surface area contributed by atoms with E-state index in [-0.39, 0.29) is 12.3 Å². The van der Waals surface area contributed by atoms with Gasteiger partial charge in [0.05, 0.1) is 17.6 Å². The summed E-state index contributed by atoms with van der Waals surface area (Å²) in [4.78, 5) is 33.8. The summed E-state index contributed by atoms with van der Waals surface area (Å²) in [5, 5.41) is 13.5. The number of nitrogens with one attached hydrogen (secondary N) is 1. The average molecular weight is 370 g/mol. The van der Waals surface area contributed by atoms with Crippen molar-refractivity contribution in [2.24, 2.45) is 0 Å². The highest BCUT2D eigenvalue weighted by molar-refractivity contribution is 5.93. The molecule has 0 aliphatic rings. The van der Waals surface area contributed by atoms with Gasteiger partial charge in [-0.1, -0.05) is 6.08 Å². The molecular weight excluding hydrogens is 352 g/mol. The summed E-state index contributed by atoms with van der Waals surface area (Å²) >= 11 is 0. The number of ether oxygens (including phenoxy) is 2. The number of non-ortho nitro benzene ring substituents is 1. The standard InChI is InChI=1S/C19H18N2O6/c1-3-4-14-11-16(21(24)25)9-10-17(14)27-12-18(22)20-15-7-5-13(6-8-15)19(23)26-2/h3,5-11H,1,4,12H2,2H3,(H,20,22). The molecule has 2 aromatic carbocycles. The molecule has 0 aromatic heterocycles. The molecule has 0 unspecified atom stereocenters. The summed E-state index contributed by atoms with van der Waals surface area (Å²) in [6, 6.07) is 10.3. The van der Waals surface area contributed by atoms with Gasteiger partial charge in [-0.25, -0.2) is 4.79 Å². The number of nitro benzene ring substituents is 1. The van der Waals surface area contributed by atoms with E-state index in [1.54, 1.807) is 18.2 Å². The highest BCUT2D eigenvalue weighted by atomic mass is 16.6. The quantitative estimate of drug-likeness (QED) is 0.331. The van der Waals surface area contributed by atoms with Crippen molar-refractivity contribution in [3.63, 3.8) is 0 Å². The summed E-state index contributed by atoms with van der Waals surface area (Å²) in [5.74, 6) is -0.510. The lowest BCUT2D eigenvalue weighted by Gasteiger charge is -2.11. The maximum atomic E-state index is 12.0. The van der Waals surface area contributed by atoms with Crippen LogP contribution in [-0.2, 0) is 16.0 Å². The first-order valence-electron chi connectivity index (χ1n) is 7.94. The van der Waals surface area contributed by atoms with Crippen molar-refractivity contribution < 1.29 is 24.0 Å². The zero-order valence-corrected chi connectivity index (χ0v) is 14.6. The van der Waals surface area contributed by atoms with E-state index in [0.717, 1.165) is 0 Å². The number of esters is 1. The number of rotatable bonds is 8. The number of carbonyl (C=O) groups excluding carboxylic acids is 2. The Morgan fingerprint density at radius 1 is 1.22 bits per heavy atom. The summed E-state index contributed by atoms with van der Waals surface area (Å²) < 4.78 is 10.1. The first-order valence-corrected chi connectivity index (χ1v) is 7.94. The molecule has 0 fully saturated rings. The number of benzene rings is 2. The fraction of sp³-hybridized carbons (Fsp3) is 0.158. The van der Waals surface area contributed by atoms with Gasteiger partial charge in [0.2, 0.25) is 0 Å². The van der Waals surface area contributed by atoms with Crippen LogP contribution in [0.15, 0.2) is 55.1 Å². The number of allylic oxidation sites excluding steroid dienone is 1. The topological polar surface area (TPSA) is 108 Å². The van der Waals surface area contributed by atoms with E-state index in [2.05, 4.69) is 16.6 Å². The van der Waals surface area contributed by atoms with Gasteiger partial charge in [0.15, 0.2) is 6.61 Å². The second-order valence-corrected chi connectivity index (χ2v) is 5.45. The lowest BCUT2D eigenvalue weighted by Crippen LogP contribution is -2.20. The maximum Gasteiger partial charge on any atom is 0.337 e. The monoisotopic (exact) mass is 370 g/mol. The Morgan fingerprint density at radius 2 is 1.93 bits per heavy atom. The van der Waals surface area contributed by atoms with Crippen LogP contribution in [0.1, 0.15) is 15.9 Å². The molecule has 8 nitrogen and oxygen atoms in total. The van der Waals surface area contributed by atoms with E-state index in [0.29, 0.717) is 29.0 Å². The van der Waals surface area contributed by atoms with Gasteiger partial charge in [-0.3, -0.25) is 14.9 Å². The zero-order valence-electron chi connectivity index (χ0n) is 14.6. The highest BCUT2D eigenvalue weighted by Crippen LogP contribution is 2.25. The van der Waals surface area contributed by atoms with Gasteiger partial charge >= 0.3 is 5.97 Å². The minimum absolute atomic E-state index is 0.0608. The lowest BCUT2D eigenvalue weighted by molar-refractivity contribution is -0.384. The highest BCUT2D eigenvalue weighted by Gasteiger charge is 2.13. The molecule has 0 aliphatic heterocycles. The average Bonchev–Trinajstić information content (AvgIpc) is 2.67. The summed E-state index contributed by atoms with van der Waals surface area (Å²) in [7, 11) is 1.29. The molecule has 0 aliphatic carbocycles. The van der Waals surface area contributed by atoms with Gasteiger partial charge in [0.1, 0.15) is 5.75 Å². The third-order valence-corrected chi connectivity index (χ3v) is 3.57. The third-order valence-electron chi connectivity index (χ3n) is 3.57. The number of carbonyl (C=O) groups is 2. The Morgan fingerprint density at radius 3 is 2.52 bits per heavy atom. The molecular formula is C19H18N2O6. The molecule has 2 aromatic rings. The molecule has 0 saturated heterocycles. The minimum atomic E-state index is -0.499. The molecule has 0 saturated carbocycles. The number of amides is 1. The molecule has 140 valence electrons. The molecule has 8 heteroatoms. The van der Waals surface area contributed by atoms with Crippen LogP contribution in [0.2, 0.25) is 0 Å². The van der Waals surface area contributed by atoms with Gasteiger partial charge in [-0.15, -0.1) is 6.58 Å². The molecule has 1 amide bonds. The second kappa shape index (κ2) is 9.14. The van der Waals surface area contributed by atoms with Gasteiger partial charge in [0, 0.05) is 23.4 Å². The third kappa shape index (κ3) is 5.40. The van der Waals surface area contributed by atoms with Gasteiger partial charge in [0.25, 0.3) is 11.6 Å². The van der Waals surface area contributed by atoms with Crippen molar-refractivity contribution in [2.45, 2.75) is 6.42 Å². The first kappa shape index (κ1) is 19.6. The molecule has 2 rings (SSSR count). The van der Waals surface area contributed by atoms with E-state index in [4.69, 9.17) is 4.74 Å². The summed E-state index contributed by atoms with van der Waals surface area (Å²) in [6.07, 6.45) is 1.96. The summed E-state index contributed by atoms with van der Waals surface area (Å²) in [5.41, 5.74) is 1.36. The van der Waals surface area contributed by atoms with Crippen LogP contribution in [0.3, 0.4) is 0 Å². The molecule has 0 atom stereocenters. The Kier molecular flexibility index (Phi) is 6.65. The molecule has 0 bridgehead atoms. The van der Waals surface area contributed by atoms with Crippen LogP contribution in [0, 0.1) is 10.1 Å². The van der Waals surface area contributed by atoms with E-state index in [9.17, 15) is 19.7 Å². The fourth-order valence-corrected chi connectivity index (χ4v) is 2.28. The van der Waals surface area contributed by atoms with Crippen LogP contribution in [0.25, 0.3) is 0 Å². The first-order chi connectivity index (χ1) is 12.9. The number of methoxy groups -OCH3 is 1. The molecule has 0 radical (unpaired) electrons. The zero-order chi connectivity index (χ0) is 19.8. The number of nitro groups is 1. The van der Waals surface area contributed by atoms with Crippen molar-refractivity contribution >= 4 is 23.3 Å². The Balaban J connectivity index is 1.99. The summed E-state index contributed by atoms with van der Waals surface area (Å²) in [6.45, 7) is 3.33. The van der Waals surface area contributed by atoms with Crippen LogP contribution in [0.5, 0.6) is 5.75 Å². The Hall–Kier alpha value is -3.68. The predicted molar refractivity (Wildman–Crippen MR) is 98.9 cm³/mol. The molecule has 1 N–H and O–H groups in total. The van der Waals surface area contributed by atoms with Crippen molar-refractivity contribution in [3.8, 4) is 5.75 Å². The largest absolute Gasteiger partial charge is 0.483 e. The van der Waals surface area contributed by atoms with Gasteiger partial charge in [-0.2, -0.15) is 0 Å². The normalized spacial score (nSPS) is 9.96. The van der Waals surface area contributed by atoms with Crippen LogP contribution in [0.4, 0.5) is 11.4 Å². The smallest absolute Gasteiger partial charge is 0.337 e. The number of anilines is 1. The van der Waals surface area contributed by atoms with Crippen LogP contribution < -0.4 is 10.1 Å². The molecule has 0 heterocycles. The number of hydrogen-bond acceptors (Lipinski definition) is 6. The van der Waals surface area contributed by atoms with E-state index in [1.165, 1.54) is 37.4 Å². The van der Waals surface area contributed by atoms with Gasteiger partial charge < -0.3 is 14.8 Å². The number of nitrogens with zero attached hydrogens (tertiary/aromatic N) is 1. The van der Waals surface area contributed by atoms with E-state index in [1.807, 2.05) is 0 Å².